The van der Waals surface area contributed by atoms with E-state index in [-0.39, 0.29) is 11.8 Å². The number of benzene rings is 1. The highest BCUT2D eigenvalue weighted by atomic mass is 16.1. The van der Waals surface area contributed by atoms with E-state index in [4.69, 9.17) is 0 Å². The van der Waals surface area contributed by atoms with Crippen molar-refractivity contribution in [2.45, 2.75) is 20.3 Å². The van der Waals surface area contributed by atoms with Crippen molar-refractivity contribution >= 4 is 17.3 Å². The predicted octanol–water partition coefficient (Wildman–Crippen LogP) is 2.54. The highest BCUT2D eigenvalue weighted by Gasteiger charge is 2.13. The van der Waals surface area contributed by atoms with Crippen LogP contribution in [0.4, 0.5) is 5.69 Å². The van der Waals surface area contributed by atoms with E-state index in [0.717, 1.165) is 17.8 Å². The van der Waals surface area contributed by atoms with Crippen LogP contribution in [-0.4, -0.2) is 18.2 Å². The highest BCUT2D eigenvalue weighted by Crippen LogP contribution is 2.13. The zero-order chi connectivity index (χ0) is 13.7. The van der Waals surface area contributed by atoms with Gasteiger partial charge in [0.1, 0.15) is 0 Å². The van der Waals surface area contributed by atoms with Crippen molar-refractivity contribution in [1.82, 2.24) is 5.43 Å². The lowest BCUT2D eigenvalue weighted by Gasteiger charge is -2.25. The summed E-state index contributed by atoms with van der Waals surface area (Å²) in [7, 11) is 0. The second kappa shape index (κ2) is 6.29. The van der Waals surface area contributed by atoms with Crippen molar-refractivity contribution in [2.75, 3.05) is 11.6 Å². The number of hydrazine groups is 1. The molecule has 19 heavy (non-hydrogen) atoms. The number of nitrogens with one attached hydrogen (secondary N) is 1. The summed E-state index contributed by atoms with van der Waals surface area (Å²) in [6.45, 7) is 4.46. The molecule has 0 aliphatic carbocycles. The number of anilines is 1. The Morgan fingerprint density at radius 2 is 2.16 bits per heavy atom. The molecule has 1 aromatic carbocycles. The minimum atomic E-state index is -0.0443. The number of carbonyl (C=O) groups excluding carboxylic acids is 1. The van der Waals surface area contributed by atoms with Gasteiger partial charge in [0.25, 0.3) is 0 Å². The molecule has 1 heterocycles. The fourth-order valence-electron chi connectivity index (χ4n) is 1.71. The number of hydrogen-bond donors (Lipinski definition) is 1. The zero-order valence-corrected chi connectivity index (χ0v) is 11.3. The van der Waals surface area contributed by atoms with Gasteiger partial charge in [0.2, 0.25) is 5.91 Å². The van der Waals surface area contributed by atoms with Crippen LogP contribution < -0.4 is 10.4 Å². The third kappa shape index (κ3) is 3.51. The molecule has 0 saturated carbocycles. The predicted molar refractivity (Wildman–Crippen MR) is 78.0 cm³/mol. The molecule has 1 aliphatic heterocycles. The minimum Gasteiger partial charge on any atom is -0.284 e. The third-order valence-corrected chi connectivity index (χ3v) is 3.17. The van der Waals surface area contributed by atoms with Crippen LogP contribution in [0.5, 0.6) is 0 Å². The summed E-state index contributed by atoms with van der Waals surface area (Å²) in [5.41, 5.74) is 5.05. The lowest BCUT2D eigenvalue weighted by atomic mass is 10.1. The highest BCUT2D eigenvalue weighted by molar-refractivity contribution is 6.04. The van der Waals surface area contributed by atoms with Crippen molar-refractivity contribution in [1.29, 1.82) is 0 Å². The maximum absolute atomic E-state index is 11.7. The lowest BCUT2D eigenvalue weighted by molar-refractivity contribution is -0.121. The van der Waals surface area contributed by atoms with Gasteiger partial charge in [-0.1, -0.05) is 32.0 Å². The number of nitrogens with zero attached hydrogens (tertiary/aromatic N) is 2. The van der Waals surface area contributed by atoms with Crippen molar-refractivity contribution in [2.24, 2.45) is 10.9 Å². The third-order valence-electron chi connectivity index (χ3n) is 3.17. The van der Waals surface area contributed by atoms with Crippen LogP contribution in [0.2, 0.25) is 0 Å². The average Bonchev–Trinajstić information content (AvgIpc) is 2.48. The Balaban J connectivity index is 2.04. The lowest BCUT2D eigenvalue weighted by Crippen LogP contribution is -2.40. The molecular formula is C15H19N3O. The average molecular weight is 257 g/mol. The standard InChI is InChI=1S/C15H19N3O/c1-3-12(2)15(19)17-13-9-10-18(16-11-13)14-7-5-4-6-8-14/h4-10,12,16H,3,11H2,1-2H3. The molecular weight excluding hydrogens is 238 g/mol. The molecule has 0 aromatic heterocycles. The first-order chi connectivity index (χ1) is 9.20. The first kappa shape index (κ1) is 13.5. The Morgan fingerprint density at radius 3 is 2.74 bits per heavy atom. The van der Waals surface area contributed by atoms with Crippen LogP contribution in [0.3, 0.4) is 0 Å². The zero-order valence-electron chi connectivity index (χ0n) is 11.3. The number of aliphatic imine (C=N–C) groups is 1. The van der Waals surface area contributed by atoms with Gasteiger partial charge in [0, 0.05) is 12.1 Å². The summed E-state index contributed by atoms with van der Waals surface area (Å²) in [5, 5.41) is 1.92. The fourth-order valence-corrected chi connectivity index (χ4v) is 1.71. The summed E-state index contributed by atoms with van der Waals surface area (Å²) in [4.78, 5) is 15.9. The molecule has 1 unspecified atom stereocenters. The van der Waals surface area contributed by atoms with Gasteiger partial charge >= 0.3 is 0 Å². The SMILES string of the molecule is CCC(C)C(=O)N=C1C=CN(c2ccccc2)NC1. The monoisotopic (exact) mass is 257 g/mol. The maximum atomic E-state index is 11.7. The van der Waals surface area contributed by atoms with Crippen molar-refractivity contribution in [3.63, 3.8) is 0 Å². The summed E-state index contributed by atoms with van der Waals surface area (Å²) in [5.74, 6) is -0.0508. The molecule has 0 spiro atoms. The molecule has 0 bridgehead atoms. The van der Waals surface area contributed by atoms with Crippen LogP contribution >= 0.6 is 0 Å². The Morgan fingerprint density at radius 1 is 1.42 bits per heavy atom. The van der Waals surface area contributed by atoms with Crippen molar-refractivity contribution < 1.29 is 4.79 Å². The van der Waals surface area contributed by atoms with E-state index >= 15 is 0 Å². The molecule has 1 N–H and O–H groups in total. The Hall–Kier alpha value is -1.94. The normalized spacial score (nSPS) is 18.6. The number of amides is 1. The molecule has 1 atom stereocenters. The minimum absolute atomic E-state index is 0.00643. The Bertz CT molecular complexity index is 493. The Labute approximate surface area is 113 Å². The second-order valence-corrected chi connectivity index (χ2v) is 4.61. The van der Waals surface area contributed by atoms with Gasteiger partial charge < -0.3 is 0 Å². The molecule has 4 heteroatoms. The van der Waals surface area contributed by atoms with E-state index in [1.807, 2.05) is 61.5 Å². The smallest absolute Gasteiger partial charge is 0.248 e. The van der Waals surface area contributed by atoms with Crippen LogP contribution in [0.1, 0.15) is 20.3 Å². The molecule has 4 nitrogen and oxygen atoms in total. The maximum Gasteiger partial charge on any atom is 0.248 e. The largest absolute Gasteiger partial charge is 0.284 e. The van der Waals surface area contributed by atoms with E-state index in [0.29, 0.717) is 6.54 Å². The first-order valence-corrected chi connectivity index (χ1v) is 6.58. The van der Waals surface area contributed by atoms with Crippen LogP contribution in [0, 0.1) is 5.92 Å². The van der Waals surface area contributed by atoms with Crippen molar-refractivity contribution in [3.05, 3.63) is 42.6 Å². The van der Waals surface area contributed by atoms with E-state index in [1.54, 1.807) is 0 Å². The van der Waals surface area contributed by atoms with Gasteiger partial charge in [-0.25, -0.2) is 10.4 Å². The molecule has 1 amide bonds. The van der Waals surface area contributed by atoms with Gasteiger partial charge in [-0.2, -0.15) is 0 Å². The number of carbonyl (C=O) groups is 1. The van der Waals surface area contributed by atoms with E-state index in [2.05, 4.69) is 10.4 Å². The van der Waals surface area contributed by atoms with Gasteiger partial charge in [0.15, 0.2) is 0 Å². The van der Waals surface area contributed by atoms with E-state index in [9.17, 15) is 4.79 Å². The van der Waals surface area contributed by atoms with Gasteiger partial charge in [-0.05, 0) is 24.6 Å². The van der Waals surface area contributed by atoms with E-state index < -0.39 is 0 Å². The molecule has 0 radical (unpaired) electrons. The molecule has 0 saturated heterocycles. The number of para-hydroxylation sites is 1. The molecule has 100 valence electrons. The first-order valence-electron chi connectivity index (χ1n) is 6.58. The van der Waals surface area contributed by atoms with Crippen LogP contribution in [0.15, 0.2) is 47.6 Å². The number of rotatable bonds is 3. The summed E-state index contributed by atoms with van der Waals surface area (Å²) >= 11 is 0. The van der Waals surface area contributed by atoms with Crippen LogP contribution in [0.25, 0.3) is 0 Å². The Kier molecular flexibility index (Phi) is 4.47. The molecule has 0 fully saturated rings. The van der Waals surface area contributed by atoms with Crippen molar-refractivity contribution in [3.8, 4) is 0 Å². The molecule has 2 rings (SSSR count). The number of hydrogen-bond acceptors (Lipinski definition) is 3. The topological polar surface area (TPSA) is 44.7 Å². The van der Waals surface area contributed by atoms with Gasteiger partial charge in [-0.15, -0.1) is 0 Å². The second-order valence-electron chi connectivity index (χ2n) is 4.61. The van der Waals surface area contributed by atoms with E-state index in [1.165, 1.54) is 0 Å². The molecule has 1 aliphatic rings. The quantitative estimate of drug-likeness (QED) is 0.905. The summed E-state index contributed by atoms with van der Waals surface area (Å²) < 4.78 is 0. The van der Waals surface area contributed by atoms with Crippen LogP contribution in [-0.2, 0) is 4.79 Å². The molecule has 1 aromatic rings. The van der Waals surface area contributed by atoms with Gasteiger partial charge in [-0.3, -0.25) is 9.80 Å². The van der Waals surface area contributed by atoms with Gasteiger partial charge in [0.05, 0.1) is 17.9 Å². The summed E-state index contributed by atoms with van der Waals surface area (Å²) in [6, 6.07) is 9.99. The summed E-state index contributed by atoms with van der Waals surface area (Å²) in [6.07, 6.45) is 4.59. The fraction of sp³-hybridized carbons (Fsp3) is 0.333.